The predicted molar refractivity (Wildman–Crippen MR) is 68.2 cm³/mol. The summed E-state index contributed by atoms with van der Waals surface area (Å²) in [5, 5.41) is 3.09. The van der Waals surface area contributed by atoms with Crippen LogP contribution in [0.3, 0.4) is 0 Å². The monoisotopic (exact) mass is 285 g/mol. The van der Waals surface area contributed by atoms with Crippen molar-refractivity contribution in [2.45, 2.75) is 19.9 Å². The van der Waals surface area contributed by atoms with E-state index in [4.69, 9.17) is 4.74 Å². The quantitative estimate of drug-likeness (QED) is 0.846. The smallest absolute Gasteiger partial charge is 0.180 e. The molecule has 0 unspecified atom stereocenters. The summed E-state index contributed by atoms with van der Waals surface area (Å²) in [7, 11) is 1.57. The van der Waals surface area contributed by atoms with Crippen molar-refractivity contribution in [2.75, 3.05) is 13.7 Å². The van der Waals surface area contributed by atoms with Gasteiger partial charge in [-0.15, -0.1) is 0 Å². The molecule has 0 saturated carbocycles. The number of carbonyl (C=O) groups excluding carboxylic acids is 1. The lowest BCUT2D eigenvalue weighted by Crippen LogP contribution is -2.29. The summed E-state index contributed by atoms with van der Waals surface area (Å²) in [5.41, 5.74) is 0.602. The third kappa shape index (κ3) is 3.61. The van der Waals surface area contributed by atoms with Crippen LogP contribution in [0.15, 0.2) is 22.7 Å². The van der Waals surface area contributed by atoms with E-state index in [-0.39, 0.29) is 5.78 Å². The number of ether oxygens (including phenoxy) is 1. The summed E-state index contributed by atoms with van der Waals surface area (Å²) in [6.07, 6.45) is 0. The molecule has 0 aromatic heterocycles. The molecule has 16 heavy (non-hydrogen) atoms. The van der Waals surface area contributed by atoms with Crippen molar-refractivity contribution in [1.82, 2.24) is 5.32 Å². The second-order valence-electron chi connectivity index (χ2n) is 3.80. The van der Waals surface area contributed by atoms with Crippen LogP contribution in [0, 0.1) is 0 Å². The lowest BCUT2D eigenvalue weighted by molar-refractivity contribution is 0.0985. The molecule has 3 nitrogen and oxygen atoms in total. The van der Waals surface area contributed by atoms with Crippen LogP contribution in [0.4, 0.5) is 0 Å². The van der Waals surface area contributed by atoms with E-state index in [1.165, 1.54) is 0 Å². The molecule has 88 valence electrons. The fraction of sp³-hybridized carbons (Fsp3) is 0.417. The zero-order valence-corrected chi connectivity index (χ0v) is 11.3. The van der Waals surface area contributed by atoms with Gasteiger partial charge in [-0.05, 0) is 18.2 Å². The van der Waals surface area contributed by atoms with Crippen LogP contribution in [0.1, 0.15) is 24.2 Å². The van der Waals surface area contributed by atoms with Crippen LogP contribution in [0.5, 0.6) is 5.75 Å². The van der Waals surface area contributed by atoms with Gasteiger partial charge in [0.05, 0.1) is 19.2 Å². The molecular weight excluding hydrogens is 270 g/mol. The van der Waals surface area contributed by atoms with Crippen molar-refractivity contribution < 1.29 is 9.53 Å². The average Bonchev–Trinajstić information content (AvgIpc) is 2.25. The first-order valence-corrected chi connectivity index (χ1v) is 5.94. The van der Waals surface area contributed by atoms with Crippen LogP contribution in [0.2, 0.25) is 0 Å². The van der Waals surface area contributed by atoms with E-state index in [1.54, 1.807) is 19.2 Å². The summed E-state index contributed by atoms with van der Waals surface area (Å²) >= 11 is 3.35. The Morgan fingerprint density at radius 3 is 2.75 bits per heavy atom. The van der Waals surface area contributed by atoms with Crippen LogP contribution >= 0.6 is 15.9 Å². The Hall–Kier alpha value is -0.870. The van der Waals surface area contributed by atoms with Gasteiger partial charge in [-0.25, -0.2) is 0 Å². The minimum absolute atomic E-state index is 0.0341. The molecular formula is C12H16BrNO2. The predicted octanol–water partition coefficient (Wildman–Crippen LogP) is 2.64. The van der Waals surface area contributed by atoms with Crippen molar-refractivity contribution in [1.29, 1.82) is 0 Å². The molecule has 1 aromatic carbocycles. The summed E-state index contributed by atoms with van der Waals surface area (Å²) in [5.74, 6) is 0.644. The first-order chi connectivity index (χ1) is 7.54. The Bertz CT molecular complexity index is 377. The Labute approximate surface area is 104 Å². The van der Waals surface area contributed by atoms with Gasteiger partial charge < -0.3 is 10.1 Å². The highest BCUT2D eigenvalue weighted by atomic mass is 79.9. The SMILES string of the molecule is COc1ccc(Br)cc1C(=O)CNC(C)C. The number of hydrogen-bond donors (Lipinski definition) is 1. The van der Waals surface area contributed by atoms with E-state index in [9.17, 15) is 4.79 Å². The molecule has 4 heteroatoms. The summed E-state index contributed by atoms with van der Waals surface area (Å²) in [6.45, 7) is 4.33. The molecule has 0 aliphatic heterocycles. The number of carbonyl (C=O) groups is 1. The second-order valence-corrected chi connectivity index (χ2v) is 4.72. The van der Waals surface area contributed by atoms with Gasteiger partial charge in [-0.2, -0.15) is 0 Å². The van der Waals surface area contributed by atoms with Gasteiger partial charge in [0.25, 0.3) is 0 Å². The standard InChI is InChI=1S/C12H16BrNO2/c1-8(2)14-7-11(15)10-6-9(13)4-5-12(10)16-3/h4-6,8,14H,7H2,1-3H3. The molecule has 1 aromatic rings. The maximum absolute atomic E-state index is 11.9. The van der Waals surface area contributed by atoms with Crippen LogP contribution in [-0.4, -0.2) is 25.5 Å². The Morgan fingerprint density at radius 2 is 2.19 bits per heavy atom. The van der Waals surface area contributed by atoms with E-state index in [1.807, 2.05) is 19.9 Å². The Morgan fingerprint density at radius 1 is 1.50 bits per heavy atom. The summed E-state index contributed by atoms with van der Waals surface area (Å²) in [6, 6.07) is 5.71. The highest BCUT2D eigenvalue weighted by Crippen LogP contribution is 2.23. The third-order valence-corrected chi connectivity index (χ3v) is 2.63. The number of nitrogens with one attached hydrogen (secondary N) is 1. The largest absolute Gasteiger partial charge is 0.496 e. The third-order valence-electron chi connectivity index (χ3n) is 2.13. The van der Waals surface area contributed by atoms with E-state index in [2.05, 4.69) is 21.2 Å². The Kier molecular flexibility index (Phi) is 4.96. The average molecular weight is 286 g/mol. The minimum atomic E-state index is 0.0341. The van der Waals surface area contributed by atoms with Crippen LogP contribution in [-0.2, 0) is 0 Å². The normalized spacial score (nSPS) is 10.6. The van der Waals surface area contributed by atoms with Gasteiger partial charge in [0, 0.05) is 10.5 Å². The van der Waals surface area contributed by atoms with Crippen molar-refractivity contribution >= 4 is 21.7 Å². The minimum Gasteiger partial charge on any atom is -0.496 e. The molecule has 0 heterocycles. The van der Waals surface area contributed by atoms with Gasteiger partial charge in [0.15, 0.2) is 5.78 Å². The molecule has 1 rings (SSSR count). The first-order valence-electron chi connectivity index (χ1n) is 5.14. The number of hydrogen-bond acceptors (Lipinski definition) is 3. The van der Waals surface area contributed by atoms with E-state index < -0.39 is 0 Å². The molecule has 0 bridgehead atoms. The van der Waals surface area contributed by atoms with Crippen molar-refractivity contribution in [3.8, 4) is 5.75 Å². The van der Waals surface area contributed by atoms with E-state index in [0.29, 0.717) is 23.9 Å². The molecule has 0 radical (unpaired) electrons. The van der Waals surface area contributed by atoms with Gasteiger partial charge in [0.1, 0.15) is 5.75 Å². The molecule has 0 amide bonds. The highest BCUT2D eigenvalue weighted by Gasteiger charge is 2.12. The molecule has 0 aliphatic carbocycles. The number of Topliss-reactive ketones (excluding diaryl/α,β-unsaturated/α-hetero) is 1. The fourth-order valence-corrected chi connectivity index (χ4v) is 1.65. The maximum Gasteiger partial charge on any atom is 0.180 e. The van der Waals surface area contributed by atoms with Gasteiger partial charge in [0.2, 0.25) is 0 Å². The molecule has 0 saturated heterocycles. The lowest BCUT2D eigenvalue weighted by atomic mass is 10.1. The summed E-state index contributed by atoms with van der Waals surface area (Å²) < 4.78 is 6.03. The lowest BCUT2D eigenvalue weighted by Gasteiger charge is -2.10. The second kappa shape index (κ2) is 6.01. The van der Waals surface area contributed by atoms with Gasteiger partial charge in [-0.3, -0.25) is 4.79 Å². The number of ketones is 1. The van der Waals surface area contributed by atoms with Crippen LogP contribution < -0.4 is 10.1 Å². The zero-order valence-electron chi connectivity index (χ0n) is 9.71. The molecule has 1 N–H and O–H groups in total. The van der Waals surface area contributed by atoms with Gasteiger partial charge >= 0.3 is 0 Å². The van der Waals surface area contributed by atoms with E-state index in [0.717, 1.165) is 4.47 Å². The molecule has 0 fully saturated rings. The molecule has 0 spiro atoms. The van der Waals surface area contributed by atoms with Gasteiger partial charge in [-0.1, -0.05) is 29.8 Å². The van der Waals surface area contributed by atoms with Crippen molar-refractivity contribution in [3.05, 3.63) is 28.2 Å². The number of halogens is 1. The number of benzene rings is 1. The fourth-order valence-electron chi connectivity index (χ4n) is 1.29. The zero-order chi connectivity index (χ0) is 12.1. The summed E-state index contributed by atoms with van der Waals surface area (Å²) in [4.78, 5) is 11.9. The van der Waals surface area contributed by atoms with Crippen molar-refractivity contribution in [3.63, 3.8) is 0 Å². The molecule has 0 aliphatic rings. The topological polar surface area (TPSA) is 38.3 Å². The Balaban J connectivity index is 2.84. The molecule has 0 atom stereocenters. The van der Waals surface area contributed by atoms with Crippen molar-refractivity contribution in [2.24, 2.45) is 0 Å². The van der Waals surface area contributed by atoms with E-state index >= 15 is 0 Å². The maximum atomic E-state index is 11.9. The number of methoxy groups -OCH3 is 1. The first kappa shape index (κ1) is 13.2. The van der Waals surface area contributed by atoms with Crippen LogP contribution in [0.25, 0.3) is 0 Å². The number of rotatable bonds is 5. The highest BCUT2D eigenvalue weighted by molar-refractivity contribution is 9.10.